The van der Waals surface area contributed by atoms with E-state index in [1.807, 2.05) is 31.3 Å². The molecule has 1 unspecified atom stereocenters. The van der Waals surface area contributed by atoms with E-state index >= 15 is 0 Å². The van der Waals surface area contributed by atoms with Crippen molar-refractivity contribution in [1.82, 2.24) is 14.9 Å². The number of para-hydroxylation sites is 2. The predicted molar refractivity (Wildman–Crippen MR) is 82.8 cm³/mol. The van der Waals surface area contributed by atoms with E-state index in [-0.39, 0.29) is 0 Å². The molecule has 2 heterocycles. The van der Waals surface area contributed by atoms with Gasteiger partial charge in [-0.1, -0.05) is 12.1 Å². The Morgan fingerprint density at radius 3 is 2.65 bits per heavy atom. The van der Waals surface area contributed by atoms with Gasteiger partial charge in [-0.2, -0.15) is 0 Å². The molecule has 5 heteroatoms. The topological polar surface area (TPSA) is 58.3 Å². The van der Waals surface area contributed by atoms with E-state index < -0.39 is 0 Å². The van der Waals surface area contributed by atoms with Crippen molar-refractivity contribution in [2.75, 3.05) is 44.4 Å². The van der Waals surface area contributed by atoms with E-state index in [4.69, 9.17) is 5.73 Å². The van der Waals surface area contributed by atoms with Crippen LogP contribution in [0, 0.1) is 5.92 Å². The van der Waals surface area contributed by atoms with Crippen LogP contribution in [0.4, 0.5) is 11.6 Å². The SMILES string of the molecule is CN1CCC(CN(C)c2nc3ccccc3nc2N)C1. The van der Waals surface area contributed by atoms with Crippen LogP contribution in [0.1, 0.15) is 6.42 Å². The van der Waals surface area contributed by atoms with Gasteiger partial charge in [-0.05, 0) is 38.1 Å². The molecular weight excluding hydrogens is 250 g/mol. The van der Waals surface area contributed by atoms with Crippen molar-refractivity contribution in [1.29, 1.82) is 0 Å². The molecule has 1 aromatic carbocycles. The lowest BCUT2D eigenvalue weighted by Crippen LogP contribution is -2.28. The lowest BCUT2D eigenvalue weighted by molar-refractivity contribution is 0.395. The second-order valence-electron chi connectivity index (χ2n) is 5.72. The first-order valence-corrected chi connectivity index (χ1v) is 7.05. The van der Waals surface area contributed by atoms with Crippen molar-refractivity contribution >= 4 is 22.7 Å². The molecule has 0 spiro atoms. The highest BCUT2D eigenvalue weighted by Gasteiger charge is 2.22. The molecule has 1 aliphatic heterocycles. The van der Waals surface area contributed by atoms with Gasteiger partial charge in [-0.15, -0.1) is 0 Å². The molecule has 0 amide bonds. The van der Waals surface area contributed by atoms with Gasteiger partial charge in [0.05, 0.1) is 11.0 Å². The van der Waals surface area contributed by atoms with E-state index in [2.05, 4.69) is 26.8 Å². The van der Waals surface area contributed by atoms with Crippen molar-refractivity contribution in [3.63, 3.8) is 0 Å². The molecule has 0 radical (unpaired) electrons. The molecule has 5 nitrogen and oxygen atoms in total. The minimum atomic E-state index is 0.512. The Morgan fingerprint density at radius 1 is 1.30 bits per heavy atom. The molecule has 1 aliphatic rings. The molecule has 0 bridgehead atoms. The molecule has 0 aliphatic carbocycles. The molecule has 20 heavy (non-hydrogen) atoms. The fraction of sp³-hybridized carbons (Fsp3) is 0.467. The molecule has 1 aromatic heterocycles. The maximum Gasteiger partial charge on any atom is 0.171 e. The molecular formula is C15H21N5. The Kier molecular flexibility index (Phi) is 3.44. The molecule has 2 N–H and O–H groups in total. The maximum atomic E-state index is 6.06. The summed E-state index contributed by atoms with van der Waals surface area (Å²) in [5, 5.41) is 0. The van der Waals surface area contributed by atoms with Gasteiger partial charge < -0.3 is 15.5 Å². The molecule has 1 saturated heterocycles. The average Bonchev–Trinajstić information content (AvgIpc) is 2.83. The Bertz CT molecular complexity index is 612. The number of aromatic nitrogens is 2. The summed E-state index contributed by atoms with van der Waals surface area (Å²) in [5.41, 5.74) is 7.81. The van der Waals surface area contributed by atoms with Crippen molar-refractivity contribution in [2.45, 2.75) is 6.42 Å². The largest absolute Gasteiger partial charge is 0.381 e. The Balaban J connectivity index is 1.83. The number of anilines is 2. The van der Waals surface area contributed by atoms with Gasteiger partial charge in [0, 0.05) is 20.1 Å². The fourth-order valence-electron chi connectivity index (χ4n) is 2.93. The molecule has 2 aromatic rings. The molecule has 1 fully saturated rings. The molecule has 1 atom stereocenters. The number of fused-ring (bicyclic) bond motifs is 1. The Morgan fingerprint density at radius 2 is 2.00 bits per heavy atom. The zero-order chi connectivity index (χ0) is 14.1. The van der Waals surface area contributed by atoms with Crippen LogP contribution in [0.5, 0.6) is 0 Å². The summed E-state index contributed by atoms with van der Waals surface area (Å²) in [7, 11) is 4.22. The number of likely N-dealkylation sites (tertiary alicyclic amines) is 1. The number of nitrogens with two attached hydrogens (primary N) is 1. The summed E-state index contributed by atoms with van der Waals surface area (Å²) in [6.45, 7) is 3.30. The van der Waals surface area contributed by atoms with E-state index in [1.54, 1.807) is 0 Å². The third-order valence-corrected chi connectivity index (χ3v) is 3.96. The number of benzene rings is 1. The van der Waals surface area contributed by atoms with Crippen LogP contribution in [0.3, 0.4) is 0 Å². The summed E-state index contributed by atoms with van der Waals surface area (Å²) in [6.07, 6.45) is 1.24. The van der Waals surface area contributed by atoms with E-state index in [0.29, 0.717) is 11.7 Å². The third kappa shape index (κ3) is 2.54. The van der Waals surface area contributed by atoms with Crippen LogP contribution < -0.4 is 10.6 Å². The van der Waals surface area contributed by atoms with Crippen LogP contribution in [0.15, 0.2) is 24.3 Å². The van der Waals surface area contributed by atoms with E-state index in [0.717, 1.165) is 29.9 Å². The normalized spacial score (nSPS) is 19.6. The van der Waals surface area contributed by atoms with Gasteiger partial charge in [-0.25, -0.2) is 9.97 Å². The summed E-state index contributed by atoms with van der Waals surface area (Å²) in [6, 6.07) is 7.84. The second-order valence-corrected chi connectivity index (χ2v) is 5.72. The van der Waals surface area contributed by atoms with Crippen molar-refractivity contribution in [3.05, 3.63) is 24.3 Å². The summed E-state index contributed by atoms with van der Waals surface area (Å²) < 4.78 is 0. The van der Waals surface area contributed by atoms with Gasteiger partial charge in [-0.3, -0.25) is 0 Å². The van der Waals surface area contributed by atoms with E-state index in [1.165, 1.54) is 13.0 Å². The van der Waals surface area contributed by atoms with Crippen LogP contribution in [-0.2, 0) is 0 Å². The monoisotopic (exact) mass is 271 g/mol. The second kappa shape index (κ2) is 5.25. The molecule has 3 rings (SSSR count). The highest BCUT2D eigenvalue weighted by atomic mass is 15.2. The predicted octanol–water partition coefficient (Wildman–Crippen LogP) is 1.60. The highest BCUT2D eigenvalue weighted by molar-refractivity contribution is 5.79. The number of hydrogen-bond acceptors (Lipinski definition) is 5. The van der Waals surface area contributed by atoms with Gasteiger partial charge >= 0.3 is 0 Å². The Labute approximate surface area is 119 Å². The summed E-state index contributed by atoms with van der Waals surface area (Å²) in [5.74, 6) is 1.98. The van der Waals surface area contributed by atoms with Crippen molar-refractivity contribution in [3.8, 4) is 0 Å². The fourth-order valence-corrected chi connectivity index (χ4v) is 2.93. The number of hydrogen-bond donors (Lipinski definition) is 1. The van der Waals surface area contributed by atoms with Gasteiger partial charge in [0.15, 0.2) is 11.6 Å². The van der Waals surface area contributed by atoms with Gasteiger partial charge in [0.2, 0.25) is 0 Å². The number of rotatable bonds is 3. The first kappa shape index (κ1) is 13.1. The zero-order valence-electron chi connectivity index (χ0n) is 12.1. The quantitative estimate of drug-likeness (QED) is 0.919. The molecule has 106 valence electrons. The third-order valence-electron chi connectivity index (χ3n) is 3.96. The van der Waals surface area contributed by atoms with Crippen molar-refractivity contribution in [2.24, 2.45) is 5.92 Å². The Hall–Kier alpha value is -1.88. The van der Waals surface area contributed by atoms with Gasteiger partial charge in [0.25, 0.3) is 0 Å². The van der Waals surface area contributed by atoms with Crippen LogP contribution in [0.2, 0.25) is 0 Å². The minimum Gasteiger partial charge on any atom is -0.381 e. The average molecular weight is 271 g/mol. The molecule has 0 saturated carbocycles. The van der Waals surface area contributed by atoms with Crippen molar-refractivity contribution < 1.29 is 0 Å². The maximum absolute atomic E-state index is 6.06. The number of nitrogens with zero attached hydrogens (tertiary/aromatic N) is 4. The standard InChI is InChI=1S/C15H21N5/c1-19-8-7-11(9-19)10-20(2)15-14(16)17-12-5-3-4-6-13(12)18-15/h3-6,11H,7-10H2,1-2H3,(H2,16,17). The zero-order valence-corrected chi connectivity index (χ0v) is 12.1. The lowest BCUT2D eigenvalue weighted by atomic mass is 10.1. The van der Waals surface area contributed by atoms with Crippen LogP contribution >= 0.6 is 0 Å². The van der Waals surface area contributed by atoms with Gasteiger partial charge in [0.1, 0.15) is 0 Å². The lowest BCUT2D eigenvalue weighted by Gasteiger charge is -2.23. The summed E-state index contributed by atoms with van der Waals surface area (Å²) >= 11 is 0. The first-order valence-electron chi connectivity index (χ1n) is 7.05. The van der Waals surface area contributed by atoms with Crippen LogP contribution in [-0.4, -0.2) is 48.6 Å². The van der Waals surface area contributed by atoms with E-state index in [9.17, 15) is 0 Å². The minimum absolute atomic E-state index is 0.512. The summed E-state index contributed by atoms with van der Waals surface area (Å²) in [4.78, 5) is 13.6. The van der Waals surface area contributed by atoms with Crippen LogP contribution in [0.25, 0.3) is 11.0 Å². The highest BCUT2D eigenvalue weighted by Crippen LogP contribution is 2.24. The number of nitrogen functional groups attached to an aromatic ring is 1. The first-order chi connectivity index (χ1) is 9.63. The smallest absolute Gasteiger partial charge is 0.171 e.